The molecule has 1 heterocycles. The standard InChI is InChI=1S/C18H18FN3O2/c1-22(2)13-6-4-12(5-7-13)20-18(24)15-10-17(23)21-16-9-11(19)3-8-14(15)16/h3-9,15H,10H2,1-2H3,(H,20,24)(H,21,23)/t15-/m1/s1. The molecule has 0 saturated carbocycles. The zero-order chi connectivity index (χ0) is 17.3. The maximum absolute atomic E-state index is 13.3. The lowest BCUT2D eigenvalue weighted by molar-refractivity contribution is -0.123. The number of halogens is 1. The molecule has 0 fully saturated rings. The zero-order valence-electron chi connectivity index (χ0n) is 13.5. The van der Waals surface area contributed by atoms with Crippen molar-refractivity contribution < 1.29 is 14.0 Å². The van der Waals surface area contributed by atoms with Crippen LogP contribution in [0.3, 0.4) is 0 Å². The predicted octanol–water partition coefficient (Wildman–Crippen LogP) is 2.96. The average Bonchev–Trinajstić information content (AvgIpc) is 2.54. The Morgan fingerprint density at radius 3 is 2.58 bits per heavy atom. The number of nitrogens with zero attached hydrogens (tertiary/aromatic N) is 1. The molecule has 2 N–H and O–H groups in total. The number of carbonyl (C=O) groups is 2. The molecule has 6 heteroatoms. The van der Waals surface area contributed by atoms with Gasteiger partial charge in [0.2, 0.25) is 11.8 Å². The van der Waals surface area contributed by atoms with Crippen molar-refractivity contribution >= 4 is 28.9 Å². The molecule has 5 nitrogen and oxygen atoms in total. The maximum atomic E-state index is 13.3. The van der Waals surface area contributed by atoms with Crippen molar-refractivity contribution in [1.82, 2.24) is 0 Å². The molecule has 1 aliphatic heterocycles. The van der Waals surface area contributed by atoms with Crippen molar-refractivity contribution in [3.05, 3.63) is 53.8 Å². The molecule has 0 unspecified atom stereocenters. The van der Waals surface area contributed by atoms with Crippen LogP contribution in [-0.2, 0) is 9.59 Å². The molecule has 0 radical (unpaired) electrons. The summed E-state index contributed by atoms with van der Waals surface area (Å²) in [6, 6.07) is 11.5. The van der Waals surface area contributed by atoms with Crippen molar-refractivity contribution in [3.63, 3.8) is 0 Å². The molecular formula is C18H18FN3O2. The van der Waals surface area contributed by atoms with Gasteiger partial charge in [0.05, 0.1) is 5.92 Å². The molecule has 0 aromatic heterocycles. The first-order valence-corrected chi connectivity index (χ1v) is 7.61. The molecule has 2 aromatic rings. The van der Waals surface area contributed by atoms with Crippen LogP contribution in [0.1, 0.15) is 17.9 Å². The molecule has 1 atom stereocenters. The van der Waals surface area contributed by atoms with Gasteiger partial charge in [0, 0.05) is 37.6 Å². The highest BCUT2D eigenvalue weighted by Crippen LogP contribution is 2.33. The van der Waals surface area contributed by atoms with Gasteiger partial charge in [0.1, 0.15) is 5.82 Å². The van der Waals surface area contributed by atoms with Crippen LogP contribution in [0.5, 0.6) is 0 Å². The van der Waals surface area contributed by atoms with Crippen LogP contribution in [0.2, 0.25) is 0 Å². The van der Waals surface area contributed by atoms with Crippen LogP contribution in [-0.4, -0.2) is 25.9 Å². The van der Waals surface area contributed by atoms with E-state index in [0.717, 1.165) is 5.69 Å². The van der Waals surface area contributed by atoms with E-state index in [1.807, 2.05) is 43.3 Å². The summed E-state index contributed by atoms with van der Waals surface area (Å²) in [5.41, 5.74) is 2.65. The summed E-state index contributed by atoms with van der Waals surface area (Å²) in [4.78, 5) is 26.3. The van der Waals surface area contributed by atoms with Crippen molar-refractivity contribution in [3.8, 4) is 0 Å². The third-order valence-corrected chi connectivity index (χ3v) is 4.02. The van der Waals surface area contributed by atoms with Crippen molar-refractivity contribution in [1.29, 1.82) is 0 Å². The summed E-state index contributed by atoms with van der Waals surface area (Å²) in [6.45, 7) is 0. The fourth-order valence-electron chi connectivity index (χ4n) is 2.74. The van der Waals surface area contributed by atoms with Gasteiger partial charge in [0.15, 0.2) is 0 Å². The summed E-state index contributed by atoms with van der Waals surface area (Å²) < 4.78 is 13.3. The molecule has 3 rings (SSSR count). The van der Waals surface area contributed by atoms with Gasteiger partial charge in [-0.25, -0.2) is 4.39 Å². The Bertz CT molecular complexity index is 787. The van der Waals surface area contributed by atoms with Gasteiger partial charge in [-0.05, 0) is 42.0 Å². The fourth-order valence-corrected chi connectivity index (χ4v) is 2.74. The van der Waals surface area contributed by atoms with E-state index in [1.54, 1.807) is 6.07 Å². The molecule has 2 aromatic carbocycles. The van der Waals surface area contributed by atoms with Crippen LogP contribution in [0.4, 0.5) is 21.5 Å². The summed E-state index contributed by atoms with van der Waals surface area (Å²) in [5, 5.41) is 5.43. The summed E-state index contributed by atoms with van der Waals surface area (Å²) in [6.07, 6.45) is 0.0419. The second-order valence-corrected chi connectivity index (χ2v) is 5.97. The number of rotatable bonds is 3. The summed E-state index contributed by atoms with van der Waals surface area (Å²) in [5.74, 6) is -1.66. The second kappa shape index (κ2) is 6.31. The first kappa shape index (κ1) is 16.0. The number of anilines is 3. The fraction of sp³-hybridized carbons (Fsp3) is 0.222. The van der Waals surface area contributed by atoms with E-state index < -0.39 is 11.7 Å². The Morgan fingerprint density at radius 1 is 1.21 bits per heavy atom. The topological polar surface area (TPSA) is 61.4 Å². The number of fused-ring (bicyclic) bond motifs is 1. The maximum Gasteiger partial charge on any atom is 0.232 e. The molecule has 0 saturated heterocycles. The first-order chi connectivity index (χ1) is 11.4. The van der Waals surface area contributed by atoms with Crippen LogP contribution < -0.4 is 15.5 Å². The van der Waals surface area contributed by atoms with Crippen LogP contribution >= 0.6 is 0 Å². The van der Waals surface area contributed by atoms with E-state index in [9.17, 15) is 14.0 Å². The minimum Gasteiger partial charge on any atom is -0.378 e. The summed E-state index contributed by atoms with van der Waals surface area (Å²) in [7, 11) is 3.87. The predicted molar refractivity (Wildman–Crippen MR) is 91.8 cm³/mol. The molecule has 1 aliphatic rings. The Hall–Kier alpha value is -2.89. The third kappa shape index (κ3) is 3.22. The number of hydrogen-bond donors (Lipinski definition) is 2. The van der Waals surface area contributed by atoms with Gasteiger partial charge >= 0.3 is 0 Å². The second-order valence-electron chi connectivity index (χ2n) is 5.97. The monoisotopic (exact) mass is 327 g/mol. The van der Waals surface area contributed by atoms with Gasteiger partial charge in [0.25, 0.3) is 0 Å². The van der Waals surface area contributed by atoms with Gasteiger partial charge in [-0.3, -0.25) is 9.59 Å². The molecule has 124 valence electrons. The smallest absolute Gasteiger partial charge is 0.232 e. The SMILES string of the molecule is CN(C)c1ccc(NC(=O)[C@@H]2CC(=O)Nc3cc(F)ccc32)cc1. The van der Waals surface area contributed by atoms with E-state index in [1.165, 1.54) is 12.1 Å². The van der Waals surface area contributed by atoms with E-state index in [-0.39, 0.29) is 18.2 Å². The summed E-state index contributed by atoms with van der Waals surface area (Å²) >= 11 is 0. The van der Waals surface area contributed by atoms with E-state index >= 15 is 0 Å². The Labute approximate surface area is 139 Å². The zero-order valence-corrected chi connectivity index (χ0v) is 13.5. The van der Waals surface area contributed by atoms with Gasteiger partial charge in [-0.1, -0.05) is 6.07 Å². The van der Waals surface area contributed by atoms with Gasteiger partial charge in [-0.15, -0.1) is 0 Å². The average molecular weight is 327 g/mol. The number of carbonyl (C=O) groups excluding carboxylic acids is 2. The Balaban J connectivity index is 1.81. The quantitative estimate of drug-likeness (QED) is 0.911. The minimum atomic E-state index is -0.636. The van der Waals surface area contributed by atoms with Gasteiger partial charge < -0.3 is 15.5 Å². The number of hydrogen-bond acceptors (Lipinski definition) is 3. The lowest BCUT2D eigenvalue weighted by Crippen LogP contribution is -2.30. The van der Waals surface area contributed by atoms with Crippen LogP contribution in [0, 0.1) is 5.82 Å². The molecule has 0 spiro atoms. The lowest BCUT2D eigenvalue weighted by Gasteiger charge is -2.25. The molecule has 24 heavy (non-hydrogen) atoms. The van der Waals surface area contributed by atoms with E-state index in [4.69, 9.17) is 0 Å². The number of amides is 2. The Kier molecular flexibility index (Phi) is 4.20. The minimum absolute atomic E-state index is 0.0419. The van der Waals surface area contributed by atoms with Crippen molar-refractivity contribution in [2.75, 3.05) is 29.6 Å². The number of benzene rings is 2. The van der Waals surface area contributed by atoms with Crippen LogP contribution in [0.15, 0.2) is 42.5 Å². The lowest BCUT2D eigenvalue weighted by atomic mass is 9.89. The molecule has 0 aliphatic carbocycles. The largest absolute Gasteiger partial charge is 0.378 e. The highest BCUT2D eigenvalue weighted by molar-refractivity contribution is 6.05. The first-order valence-electron chi connectivity index (χ1n) is 7.61. The highest BCUT2D eigenvalue weighted by Gasteiger charge is 2.31. The number of nitrogens with one attached hydrogen (secondary N) is 2. The van der Waals surface area contributed by atoms with Crippen LogP contribution in [0.25, 0.3) is 0 Å². The van der Waals surface area contributed by atoms with Crippen molar-refractivity contribution in [2.24, 2.45) is 0 Å². The normalized spacial score (nSPS) is 16.1. The van der Waals surface area contributed by atoms with Crippen molar-refractivity contribution in [2.45, 2.75) is 12.3 Å². The molecule has 0 bridgehead atoms. The van der Waals surface area contributed by atoms with Gasteiger partial charge in [-0.2, -0.15) is 0 Å². The Morgan fingerprint density at radius 2 is 1.92 bits per heavy atom. The third-order valence-electron chi connectivity index (χ3n) is 4.02. The highest BCUT2D eigenvalue weighted by atomic mass is 19.1. The molecule has 2 amide bonds. The molecular weight excluding hydrogens is 309 g/mol. The van der Waals surface area contributed by atoms with E-state index in [0.29, 0.717) is 16.9 Å². The van der Waals surface area contributed by atoms with E-state index in [2.05, 4.69) is 10.6 Å².